The molecule has 7 aromatic rings. The molecule has 0 aliphatic heterocycles. The average molecular weight is 1130 g/mol. The molecule has 13 heteroatoms. The summed E-state index contributed by atoms with van der Waals surface area (Å²) in [6.45, 7) is 7.17. The number of nitrogens with one attached hydrogen (secondary N) is 3. The van der Waals surface area contributed by atoms with E-state index in [0.29, 0.717) is 22.8 Å². The van der Waals surface area contributed by atoms with Crippen LogP contribution in [0.4, 0.5) is 0 Å². The number of hydrogen-bond acceptors (Lipinski definition) is 9. The molecule has 10 nitrogen and oxygen atoms in total. The molecule has 0 saturated carbocycles. The number of aliphatic hydroxyl groups excluding tert-OH is 2. The van der Waals surface area contributed by atoms with E-state index in [4.69, 9.17) is 16.3 Å². The van der Waals surface area contributed by atoms with Crippen molar-refractivity contribution in [2.24, 2.45) is 5.92 Å². The highest BCUT2D eigenvalue weighted by molar-refractivity contribution is 8.00. The number of allylic oxidation sites excluding steroid dienone is 1. The molecular formula is C67H70ClN3O7S2. The third kappa shape index (κ3) is 16.2. The SMILES string of the molecule is C=CCOC(=O)C[C@H](O)[C@H](NC(=O)[C@@H](CSC(c1ccccc1)(c1ccccc1)c1ccccc1)NC(=O)[C@@H](Cc1cccc(Cl)c1)NC(=O)C[C@H](O)/C=C/CCSC(c1ccccc1)(c1ccccc1)c1ccccc1)C(C)C. The van der Waals surface area contributed by atoms with Crippen molar-refractivity contribution in [2.45, 2.75) is 79.4 Å². The van der Waals surface area contributed by atoms with Gasteiger partial charge in [0.05, 0.1) is 40.6 Å². The summed E-state index contributed by atoms with van der Waals surface area (Å²) in [5, 5.41) is 32.0. The van der Waals surface area contributed by atoms with E-state index < -0.39 is 69.9 Å². The van der Waals surface area contributed by atoms with Crippen molar-refractivity contribution in [3.8, 4) is 0 Å². The number of ether oxygens (including phenoxy) is 1. The molecule has 0 aliphatic carbocycles. The van der Waals surface area contributed by atoms with Crippen LogP contribution in [-0.2, 0) is 39.8 Å². The minimum Gasteiger partial charge on any atom is -0.461 e. The number of thioether (sulfide) groups is 2. The molecular weight excluding hydrogens is 1060 g/mol. The van der Waals surface area contributed by atoms with Gasteiger partial charge in [0.2, 0.25) is 17.7 Å². The molecule has 5 N–H and O–H groups in total. The van der Waals surface area contributed by atoms with Crippen molar-refractivity contribution in [1.82, 2.24) is 16.0 Å². The summed E-state index contributed by atoms with van der Waals surface area (Å²) in [7, 11) is 0. The van der Waals surface area contributed by atoms with Gasteiger partial charge in [-0.05, 0) is 69.2 Å². The van der Waals surface area contributed by atoms with Gasteiger partial charge < -0.3 is 30.9 Å². The Labute approximate surface area is 484 Å². The molecule has 80 heavy (non-hydrogen) atoms. The molecule has 0 radical (unpaired) electrons. The van der Waals surface area contributed by atoms with E-state index in [-0.39, 0.29) is 31.1 Å². The van der Waals surface area contributed by atoms with Crippen LogP contribution in [0.2, 0.25) is 5.02 Å². The molecule has 5 atom stereocenters. The topological polar surface area (TPSA) is 154 Å². The third-order valence-corrected chi connectivity index (χ3v) is 17.2. The first-order chi connectivity index (χ1) is 38.8. The van der Waals surface area contributed by atoms with Gasteiger partial charge in [0.25, 0.3) is 0 Å². The van der Waals surface area contributed by atoms with E-state index in [0.717, 1.165) is 33.4 Å². The number of carbonyl (C=O) groups excluding carboxylic acids is 4. The van der Waals surface area contributed by atoms with Crippen LogP contribution in [-0.4, -0.2) is 82.3 Å². The zero-order chi connectivity index (χ0) is 56.7. The zero-order valence-electron chi connectivity index (χ0n) is 45.1. The molecule has 0 saturated heterocycles. The predicted octanol–water partition coefficient (Wildman–Crippen LogP) is 11.6. The van der Waals surface area contributed by atoms with Gasteiger partial charge in [0.1, 0.15) is 18.7 Å². The molecule has 7 rings (SSSR count). The van der Waals surface area contributed by atoms with Gasteiger partial charge in [0.15, 0.2) is 0 Å². The minimum atomic E-state index is -1.34. The molecule has 0 unspecified atom stereocenters. The fourth-order valence-electron chi connectivity index (χ4n) is 9.83. The highest BCUT2D eigenvalue weighted by atomic mass is 35.5. The van der Waals surface area contributed by atoms with Gasteiger partial charge in [-0.25, -0.2) is 0 Å². The van der Waals surface area contributed by atoms with Crippen LogP contribution in [0.5, 0.6) is 0 Å². The molecule has 414 valence electrons. The highest BCUT2D eigenvalue weighted by Crippen LogP contribution is 2.50. The van der Waals surface area contributed by atoms with E-state index in [1.807, 2.05) is 129 Å². The highest BCUT2D eigenvalue weighted by Gasteiger charge is 2.41. The normalized spacial score (nSPS) is 13.6. The summed E-state index contributed by atoms with van der Waals surface area (Å²) in [6, 6.07) is 64.5. The number of aliphatic hydroxyl groups is 2. The largest absolute Gasteiger partial charge is 0.461 e. The third-order valence-electron chi connectivity index (χ3n) is 13.7. The fourth-order valence-corrected chi connectivity index (χ4v) is 13.1. The summed E-state index contributed by atoms with van der Waals surface area (Å²) in [5.74, 6) is -2.21. The summed E-state index contributed by atoms with van der Waals surface area (Å²) < 4.78 is 3.75. The second-order valence-corrected chi connectivity index (χ2v) is 22.7. The molecule has 3 amide bonds. The Morgan fingerprint density at radius 2 is 1.04 bits per heavy atom. The molecule has 0 bridgehead atoms. The van der Waals surface area contributed by atoms with Crippen molar-refractivity contribution in [2.75, 3.05) is 18.1 Å². The van der Waals surface area contributed by atoms with Gasteiger partial charge in [-0.15, -0.1) is 23.5 Å². The van der Waals surface area contributed by atoms with Crippen LogP contribution in [0.1, 0.15) is 72.1 Å². The lowest BCUT2D eigenvalue weighted by Crippen LogP contribution is -2.58. The number of hydrogen-bond donors (Lipinski definition) is 5. The maximum atomic E-state index is 15.0. The predicted molar refractivity (Wildman–Crippen MR) is 325 cm³/mol. The second-order valence-electron chi connectivity index (χ2n) is 19.7. The standard InChI is InChI=1S/C67H70ClN3O7S2/c1-4-41-78-62(75)46-60(73)63(48(2)3)71-65(77)59(47-80-67(53-33-17-8-18-34-53,54-35-19-9-20-36-54)55-37-21-10-22-38-55)70-64(76)58(44-49-26-25-39-56(68)43-49)69-61(74)45-57(72)40-23-24-42-79-66(50-27-11-5-12-28-50,51-29-13-6-14-30-51)52-31-15-7-16-32-52/h4-23,25-40,43,48,57-60,63,72-73H,1,24,41-42,44-47H2,2-3H3,(H,69,74)(H,70,76)(H,71,77)/b40-23+/t57-,58-,59-,60+,63-/m1/s1. The Hall–Kier alpha value is -7.19. The van der Waals surface area contributed by atoms with E-state index in [9.17, 15) is 29.4 Å². The van der Waals surface area contributed by atoms with E-state index >= 15 is 0 Å². The molecule has 0 aliphatic rings. The first-order valence-electron chi connectivity index (χ1n) is 26.9. The van der Waals surface area contributed by atoms with Crippen LogP contribution in [0.25, 0.3) is 0 Å². The number of amides is 3. The Balaban J connectivity index is 1.13. The summed E-state index contributed by atoms with van der Waals surface area (Å²) in [6.07, 6.45) is 2.24. The Morgan fingerprint density at radius 3 is 1.48 bits per heavy atom. The lowest BCUT2D eigenvalue weighted by molar-refractivity contribution is -0.145. The average Bonchev–Trinajstić information content (AvgIpc) is 3.52. The van der Waals surface area contributed by atoms with Crippen molar-refractivity contribution in [1.29, 1.82) is 0 Å². The molecule has 0 aromatic heterocycles. The van der Waals surface area contributed by atoms with Crippen LogP contribution >= 0.6 is 35.1 Å². The lowest BCUT2D eigenvalue weighted by atomic mass is 9.84. The monoisotopic (exact) mass is 1130 g/mol. The van der Waals surface area contributed by atoms with Crippen LogP contribution in [0, 0.1) is 5.92 Å². The maximum absolute atomic E-state index is 15.0. The van der Waals surface area contributed by atoms with Crippen LogP contribution in [0.15, 0.2) is 231 Å². The lowest BCUT2D eigenvalue weighted by Gasteiger charge is -2.37. The van der Waals surface area contributed by atoms with E-state index in [2.05, 4.69) is 95.3 Å². The van der Waals surface area contributed by atoms with Gasteiger partial charge >= 0.3 is 5.97 Å². The number of halogens is 1. The van der Waals surface area contributed by atoms with Crippen molar-refractivity contribution < 1.29 is 34.1 Å². The fraction of sp³-hybridized carbons (Fsp3) is 0.254. The first-order valence-corrected chi connectivity index (χ1v) is 29.2. The Morgan fingerprint density at radius 1 is 0.588 bits per heavy atom. The number of carbonyl (C=O) groups is 4. The summed E-state index contributed by atoms with van der Waals surface area (Å²) in [4.78, 5) is 56.7. The molecule has 0 spiro atoms. The summed E-state index contributed by atoms with van der Waals surface area (Å²) >= 11 is 9.70. The first kappa shape index (κ1) is 60.5. The second kappa shape index (κ2) is 30.4. The van der Waals surface area contributed by atoms with Crippen LogP contribution in [0.3, 0.4) is 0 Å². The van der Waals surface area contributed by atoms with Gasteiger partial charge in [0, 0.05) is 17.2 Å². The number of esters is 1. The minimum absolute atomic E-state index is 0.00132. The van der Waals surface area contributed by atoms with Crippen molar-refractivity contribution in [3.63, 3.8) is 0 Å². The number of benzene rings is 7. The van der Waals surface area contributed by atoms with Gasteiger partial charge in [-0.2, -0.15) is 0 Å². The molecule has 0 heterocycles. The van der Waals surface area contributed by atoms with E-state index in [1.54, 1.807) is 42.1 Å². The quantitative estimate of drug-likeness (QED) is 0.0133. The smallest absolute Gasteiger partial charge is 0.308 e. The van der Waals surface area contributed by atoms with E-state index in [1.165, 1.54) is 17.8 Å². The molecule has 7 aromatic carbocycles. The molecule has 0 fully saturated rings. The Kier molecular flexibility index (Phi) is 23.0. The van der Waals surface area contributed by atoms with Gasteiger partial charge in [-0.3, -0.25) is 19.2 Å². The van der Waals surface area contributed by atoms with Crippen molar-refractivity contribution in [3.05, 3.63) is 275 Å². The van der Waals surface area contributed by atoms with Crippen LogP contribution < -0.4 is 16.0 Å². The zero-order valence-corrected chi connectivity index (χ0v) is 47.5. The summed E-state index contributed by atoms with van der Waals surface area (Å²) in [5.41, 5.74) is 6.85. The number of rotatable bonds is 29. The maximum Gasteiger partial charge on any atom is 0.308 e. The van der Waals surface area contributed by atoms with Gasteiger partial charge in [-0.1, -0.05) is 244 Å². The Bertz CT molecular complexity index is 2890. The van der Waals surface area contributed by atoms with Crippen molar-refractivity contribution >= 4 is 58.8 Å².